The van der Waals surface area contributed by atoms with Crippen molar-refractivity contribution in [2.24, 2.45) is 0 Å². The molecule has 0 saturated carbocycles. The highest BCUT2D eigenvalue weighted by molar-refractivity contribution is 6.28. The fraction of sp³-hybridized carbons (Fsp3) is 0.111. The summed E-state index contributed by atoms with van der Waals surface area (Å²) in [6, 6.07) is 0. The maximum absolute atomic E-state index is 5.70. The zero-order valence-electron chi connectivity index (χ0n) is 6.87. The van der Waals surface area contributed by atoms with Crippen LogP contribution < -0.4 is 5.73 Å². The Morgan fingerprint density at radius 1 is 1.31 bits per heavy atom. The number of rotatable bonds is 0. The molecule has 3 nitrogen and oxygen atoms in total. The highest BCUT2D eigenvalue weighted by Crippen LogP contribution is 2.20. The first-order valence-corrected chi connectivity index (χ1v) is 4.30. The molecule has 0 atom stereocenters. The van der Waals surface area contributed by atoms with Crippen molar-refractivity contribution in [3.05, 3.63) is 34.8 Å². The van der Waals surface area contributed by atoms with Crippen LogP contribution in [0.15, 0.2) is 18.2 Å². The number of nitrogen functional groups attached to an aromatic ring is 1. The molecular formula is C9H8ClN3. The van der Waals surface area contributed by atoms with Crippen molar-refractivity contribution < 1.29 is 0 Å². The van der Waals surface area contributed by atoms with Crippen molar-refractivity contribution in [3.8, 4) is 0 Å². The molecule has 0 unspecified atom stereocenters. The molecule has 0 saturated heterocycles. The Labute approximate surface area is 81.0 Å². The van der Waals surface area contributed by atoms with Crippen LogP contribution in [0.4, 0.5) is 5.82 Å². The largest absolute Gasteiger partial charge is 0.383 e. The number of aromatic nitrogens is 2. The van der Waals surface area contributed by atoms with Crippen LogP contribution in [0.5, 0.6) is 0 Å². The van der Waals surface area contributed by atoms with E-state index >= 15 is 0 Å². The van der Waals surface area contributed by atoms with Crippen molar-refractivity contribution in [2.45, 2.75) is 6.42 Å². The van der Waals surface area contributed by atoms with Crippen LogP contribution in [-0.2, 0) is 6.42 Å². The van der Waals surface area contributed by atoms with Crippen LogP contribution in [0.3, 0.4) is 0 Å². The van der Waals surface area contributed by atoms with Gasteiger partial charge in [0.05, 0.1) is 5.69 Å². The number of nitrogens with zero attached hydrogens (tertiary/aromatic N) is 2. The summed E-state index contributed by atoms with van der Waals surface area (Å²) in [6.07, 6.45) is 8.51. The summed E-state index contributed by atoms with van der Waals surface area (Å²) in [6.45, 7) is 0. The lowest BCUT2D eigenvalue weighted by atomic mass is 10.2. The quantitative estimate of drug-likeness (QED) is 0.640. The van der Waals surface area contributed by atoms with Gasteiger partial charge in [0.2, 0.25) is 5.28 Å². The molecule has 2 rings (SSSR count). The molecule has 1 aromatic rings. The molecular weight excluding hydrogens is 186 g/mol. The lowest BCUT2D eigenvalue weighted by molar-refractivity contribution is 1.05. The molecule has 66 valence electrons. The van der Waals surface area contributed by atoms with Gasteiger partial charge < -0.3 is 5.73 Å². The predicted molar refractivity (Wildman–Crippen MR) is 53.3 cm³/mol. The third-order valence-electron chi connectivity index (χ3n) is 1.85. The number of hydrogen-bond donors (Lipinski definition) is 1. The van der Waals surface area contributed by atoms with Crippen molar-refractivity contribution in [1.82, 2.24) is 9.97 Å². The van der Waals surface area contributed by atoms with Crippen LogP contribution in [0, 0.1) is 0 Å². The number of nitrogens with two attached hydrogens (primary N) is 1. The Bertz CT molecular complexity index is 396. The summed E-state index contributed by atoms with van der Waals surface area (Å²) < 4.78 is 0. The standard InChI is InChI=1S/C9H8ClN3/c10-9-12-7-5-3-1-2-4-6(7)8(11)13-9/h1-4H,5H2,(H2,11,12,13). The second-order valence-electron chi connectivity index (χ2n) is 2.73. The number of fused-ring (bicyclic) bond motifs is 1. The van der Waals surface area contributed by atoms with E-state index in [0.29, 0.717) is 5.82 Å². The summed E-state index contributed by atoms with van der Waals surface area (Å²) in [4.78, 5) is 7.99. The Morgan fingerprint density at radius 2 is 2.15 bits per heavy atom. The third kappa shape index (κ3) is 1.55. The minimum atomic E-state index is 0.208. The minimum absolute atomic E-state index is 0.208. The second kappa shape index (κ2) is 3.18. The number of hydrogen-bond acceptors (Lipinski definition) is 3. The lowest BCUT2D eigenvalue weighted by Gasteiger charge is -2.04. The van der Waals surface area contributed by atoms with Crippen LogP contribution in [-0.4, -0.2) is 9.97 Å². The molecule has 0 aromatic carbocycles. The maximum Gasteiger partial charge on any atom is 0.224 e. The van der Waals surface area contributed by atoms with Crippen LogP contribution >= 0.6 is 11.6 Å². The van der Waals surface area contributed by atoms with Gasteiger partial charge in [-0.05, 0) is 17.7 Å². The average Bonchev–Trinajstić information content (AvgIpc) is 2.28. The molecule has 0 radical (unpaired) electrons. The summed E-state index contributed by atoms with van der Waals surface area (Å²) in [5.41, 5.74) is 7.44. The molecule has 13 heavy (non-hydrogen) atoms. The molecule has 0 bridgehead atoms. The molecule has 0 fully saturated rings. The van der Waals surface area contributed by atoms with E-state index in [-0.39, 0.29) is 5.28 Å². The highest BCUT2D eigenvalue weighted by atomic mass is 35.5. The van der Waals surface area contributed by atoms with E-state index in [1.54, 1.807) is 0 Å². The van der Waals surface area contributed by atoms with Gasteiger partial charge in [0, 0.05) is 12.0 Å². The van der Waals surface area contributed by atoms with Gasteiger partial charge in [-0.1, -0.05) is 18.2 Å². The van der Waals surface area contributed by atoms with Crippen molar-refractivity contribution in [3.63, 3.8) is 0 Å². The molecule has 1 aliphatic rings. The summed E-state index contributed by atoms with van der Waals surface area (Å²) >= 11 is 5.68. The molecule has 0 aliphatic heterocycles. The van der Waals surface area contributed by atoms with Gasteiger partial charge in [0.25, 0.3) is 0 Å². The van der Waals surface area contributed by atoms with Crippen molar-refractivity contribution >= 4 is 23.5 Å². The van der Waals surface area contributed by atoms with Crippen LogP contribution in [0.25, 0.3) is 6.08 Å². The van der Waals surface area contributed by atoms with E-state index in [4.69, 9.17) is 17.3 Å². The number of anilines is 1. The van der Waals surface area contributed by atoms with E-state index in [9.17, 15) is 0 Å². The van der Waals surface area contributed by atoms with E-state index in [1.807, 2.05) is 24.3 Å². The van der Waals surface area contributed by atoms with E-state index < -0.39 is 0 Å². The summed E-state index contributed by atoms with van der Waals surface area (Å²) in [5.74, 6) is 0.440. The van der Waals surface area contributed by atoms with Gasteiger partial charge in [-0.2, -0.15) is 0 Å². The van der Waals surface area contributed by atoms with E-state index in [1.165, 1.54) is 0 Å². The fourth-order valence-electron chi connectivity index (χ4n) is 1.25. The smallest absolute Gasteiger partial charge is 0.224 e. The van der Waals surface area contributed by atoms with E-state index in [2.05, 4.69) is 9.97 Å². The molecule has 1 heterocycles. The zero-order valence-corrected chi connectivity index (χ0v) is 7.62. The first kappa shape index (κ1) is 8.26. The van der Waals surface area contributed by atoms with Crippen molar-refractivity contribution in [2.75, 3.05) is 5.73 Å². The predicted octanol–water partition coefficient (Wildman–Crippen LogP) is 1.84. The SMILES string of the molecule is Nc1nc(Cl)nc2c1C=CC=CC2. The molecule has 1 aromatic heterocycles. The Hall–Kier alpha value is -1.35. The Kier molecular flexibility index (Phi) is 2.02. The summed E-state index contributed by atoms with van der Waals surface area (Å²) in [7, 11) is 0. The number of allylic oxidation sites excluding steroid dienone is 3. The number of halogens is 1. The van der Waals surface area contributed by atoms with Crippen LogP contribution in [0.2, 0.25) is 5.28 Å². The van der Waals surface area contributed by atoms with Gasteiger partial charge in [-0.3, -0.25) is 0 Å². The Balaban J connectivity index is 2.62. The topological polar surface area (TPSA) is 51.8 Å². The highest BCUT2D eigenvalue weighted by Gasteiger charge is 2.08. The summed E-state index contributed by atoms with van der Waals surface area (Å²) in [5, 5.41) is 0.208. The monoisotopic (exact) mass is 193 g/mol. The fourth-order valence-corrected chi connectivity index (χ4v) is 1.44. The van der Waals surface area contributed by atoms with Gasteiger partial charge in [-0.25, -0.2) is 9.97 Å². The van der Waals surface area contributed by atoms with Crippen LogP contribution in [0.1, 0.15) is 11.3 Å². The Morgan fingerprint density at radius 3 is 3.00 bits per heavy atom. The third-order valence-corrected chi connectivity index (χ3v) is 2.02. The first-order valence-electron chi connectivity index (χ1n) is 3.92. The lowest BCUT2D eigenvalue weighted by Crippen LogP contribution is -2.01. The molecule has 2 N–H and O–H groups in total. The molecule has 0 amide bonds. The zero-order chi connectivity index (χ0) is 9.26. The van der Waals surface area contributed by atoms with Gasteiger partial charge >= 0.3 is 0 Å². The second-order valence-corrected chi connectivity index (χ2v) is 3.07. The van der Waals surface area contributed by atoms with Gasteiger partial charge in [-0.15, -0.1) is 0 Å². The minimum Gasteiger partial charge on any atom is -0.383 e. The molecule has 1 aliphatic carbocycles. The molecule has 4 heteroatoms. The van der Waals surface area contributed by atoms with Crippen molar-refractivity contribution in [1.29, 1.82) is 0 Å². The van der Waals surface area contributed by atoms with E-state index in [0.717, 1.165) is 17.7 Å². The average molecular weight is 194 g/mol. The molecule has 0 spiro atoms. The normalized spacial score (nSPS) is 13.9. The first-order chi connectivity index (χ1) is 6.27. The van der Waals surface area contributed by atoms with Gasteiger partial charge in [0.15, 0.2) is 0 Å². The maximum atomic E-state index is 5.70. The van der Waals surface area contributed by atoms with Gasteiger partial charge in [0.1, 0.15) is 5.82 Å².